The highest BCUT2D eigenvalue weighted by Crippen LogP contribution is 2.13. The van der Waals surface area contributed by atoms with Crippen molar-refractivity contribution in [2.75, 3.05) is 0 Å². The molecular weight excluding hydrogens is 293 g/mol. The highest BCUT2D eigenvalue weighted by atomic mass is 19.1. The zero-order valence-corrected chi connectivity index (χ0v) is 12.9. The van der Waals surface area contributed by atoms with Gasteiger partial charge in [-0.15, -0.1) is 0 Å². The van der Waals surface area contributed by atoms with Crippen molar-refractivity contribution in [1.29, 1.82) is 0 Å². The zero-order valence-electron chi connectivity index (χ0n) is 12.9. The van der Waals surface area contributed by atoms with Gasteiger partial charge in [0.05, 0.1) is 17.4 Å². The number of hydrogen-bond donors (Lipinski definition) is 1. The van der Waals surface area contributed by atoms with Crippen LogP contribution in [0, 0.1) is 5.82 Å². The lowest BCUT2D eigenvalue weighted by atomic mass is 10.1. The van der Waals surface area contributed by atoms with E-state index in [0.29, 0.717) is 19.4 Å². The summed E-state index contributed by atoms with van der Waals surface area (Å²) in [5.41, 5.74) is 3.96. The van der Waals surface area contributed by atoms with E-state index in [1.54, 1.807) is 18.5 Å². The fourth-order valence-electron chi connectivity index (χ4n) is 2.49. The van der Waals surface area contributed by atoms with Crippen LogP contribution in [-0.2, 0) is 24.8 Å². The molecule has 0 aliphatic rings. The number of amides is 1. The molecule has 3 rings (SSSR count). The Kier molecular flexibility index (Phi) is 4.37. The van der Waals surface area contributed by atoms with Crippen LogP contribution in [0.3, 0.4) is 0 Å². The molecule has 3 aromatic rings. The van der Waals surface area contributed by atoms with Gasteiger partial charge < -0.3 is 9.88 Å². The second kappa shape index (κ2) is 6.60. The van der Waals surface area contributed by atoms with E-state index in [9.17, 15) is 9.18 Å². The third-order valence-corrected chi connectivity index (χ3v) is 3.83. The van der Waals surface area contributed by atoms with Gasteiger partial charge in [-0.3, -0.25) is 4.79 Å². The number of carbonyl (C=O) groups is 1. The van der Waals surface area contributed by atoms with Gasteiger partial charge in [0.25, 0.3) is 0 Å². The predicted octanol–water partition coefficient (Wildman–Crippen LogP) is 2.96. The van der Waals surface area contributed by atoms with E-state index < -0.39 is 0 Å². The smallest absolute Gasteiger partial charge is 0.220 e. The number of imidazole rings is 1. The Morgan fingerprint density at radius 3 is 2.70 bits per heavy atom. The highest BCUT2D eigenvalue weighted by molar-refractivity contribution is 5.77. The van der Waals surface area contributed by atoms with Gasteiger partial charge in [0.2, 0.25) is 5.91 Å². The third-order valence-electron chi connectivity index (χ3n) is 3.83. The number of rotatable bonds is 5. The van der Waals surface area contributed by atoms with Crippen LogP contribution in [0.5, 0.6) is 0 Å². The minimum atomic E-state index is -0.261. The van der Waals surface area contributed by atoms with Crippen molar-refractivity contribution in [3.63, 3.8) is 0 Å². The second-order valence-corrected chi connectivity index (χ2v) is 5.58. The lowest BCUT2D eigenvalue weighted by molar-refractivity contribution is -0.121. The molecule has 2 aromatic carbocycles. The average molecular weight is 311 g/mol. The van der Waals surface area contributed by atoms with E-state index >= 15 is 0 Å². The maximum Gasteiger partial charge on any atom is 0.220 e. The van der Waals surface area contributed by atoms with Crippen LogP contribution in [0.2, 0.25) is 0 Å². The number of nitrogens with zero attached hydrogens (tertiary/aromatic N) is 2. The molecule has 1 N–H and O–H groups in total. The van der Waals surface area contributed by atoms with E-state index in [4.69, 9.17) is 0 Å². The molecule has 0 saturated heterocycles. The molecule has 118 valence electrons. The van der Waals surface area contributed by atoms with E-state index in [-0.39, 0.29) is 11.7 Å². The molecule has 0 aliphatic carbocycles. The molecule has 0 radical (unpaired) electrons. The van der Waals surface area contributed by atoms with Crippen molar-refractivity contribution in [1.82, 2.24) is 14.9 Å². The summed E-state index contributed by atoms with van der Waals surface area (Å²) in [6.07, 6.45) is 2.76. The van der Waals surface area contributed by atoms with Crippen molar-refractivity contribution in [3.05, 3.63) is 65.7 Å². The molecule has 1 aromatic heterocycles. The van der Waals surface area contributed by atoms with Crippen molar-refractivity contribution in [2.45, 2.75) is 19.4 Å². The van der Waals surface area contributed by atoms with Crippen molar-refractivity contribution >= 4 is 16.9 Å². The van der Waals surface area contributed by atoms with Gasteiger partial charge in [-0.05, 0) is 41.8 Å². The lowest BCUT2D eigenvalue weighted by Gasteiger charge is -2.06. The minimum absolute atomic E-state index is 0.0181. The fourth-order valence-corrected chi connectivity index (χ4v) is 2.49. The molecule has 0 aliphatic heterocycles. The van der Waals surface area contributed by atoms with E-state index in [1.165, 1.54) is 12.1 Å². The molecule has 1 amide bonds. The van der Waals surface area contributed by atoms with Crippen LogP contribution in [0.15, 0.2) is 48.8 Å². The quantitative estimate of drug-likeness (QED) is 0.787. The molecule has 0 spiro atoms. The Bertz CT molecular complexity index is 824. The standard InChI is InChI=1S/C18H18FN3O/c1-22-12-21-16-10-14(4-8-17(16)22)11-20-18(23)9-5-13-2-6-15(19)7-3-13/h2-4,6-8,10,12H,5,9,11H2,1H3,(H,20,23). The molecule has 0 fully saturated rings. The highest BCUT2D eigenvalue weighted by Gasteiger charge is 2.05. The van der Waals surface area contributed by atoms with Crippen LogP contribution < -0.4 is 5.32 Å². The van der Waals surface area contributed by atoms with Crippen molar-refractivity contribution in [3.8, 4) is 0 Å². The summed E-state index contributed by atoms with van der Waals surface area (Å²) >= 11 is 0. The Morgan fingerprint density at radius 2 is 1.91 bits per heavy atom. The third kappa shape index (κ3) is 3.74. The molecule has 0 unspecified atom stereocenters. The number of fused-ring (bicyclic) bond motifs is 1. The van der Waals surface area contributed by atoms with Crippen LogP contribution in [-0.4, -0.2) is 15.5 Å². The molecule has 1 heterocycles. The Hall–Kier alpha value is -2.69. The summed E-state index contributed by atoms with van der Waals surface area (Å²) in [6.45, 7) is 0.481. The van der Waals surface area contributed by atoms with E-state index in [1.807, 2.05) is 29.8 Å². The second-order valence-electron chi connectivity index (χ2n) is 5.58. The lowest BCUT2D eigenvalue weighted by Crippen LogP contribution is -2.22. The van der Waals surface area contributed by atoms with Gasteiger partial charge in [0.15, 0.2) is 0 Å². The summed E-state index contributed by atoms with van der Waals surface area (Å²) in [6, 6.07) is 12.2. The first-order valence-electron chi connectivity index (χ1n) is 7.53. The normalized spacial score (nSPS) is 10.9. The van der Waals surface area contributed by atoms with Crippen LogP contribution in [0.25, 0.3) is 11.0 Å². The van der Waals surface area contributed by atoms with Gasteiger partial charge in [-0.1, -0.05) is 18.2 Å². The monoisotopic (exact) mass is 311 g/mol. The van der Waals surface area contributed by atoms with Gasteiger partial charge in [-0.2, -0.15) is 0 Å². The number of carbonyl (C=O) groups excluding carboxylic acids is 1. The molecule has 5 heteroatoms. The topological polar surface area (TPSA) is 46.9 Å². The summed E-state index contributed by atoms with van der Waals surface area (Å²) in [5, 5.41) is 2.90. The molecule has 0 saturated carbocycles. The van der Waals surface area contributed by atoms with E-state index in [0.717, 1.165) is 22.2 Å². The van der Waals surface area contributed by atoms with Gasteiger partial charge >= 0.3 is 0 Å². The number of aromatic nitrogens is 2. The number of aryl methyl sites for hydroxylation is 2. The summed E-state index contributed by atoms with van der Waals surface area (Å²) in [5.74, 6) is -0.279. The zero-order chi connectivity index (χ0) is 16.2. The van der Waals surface area contributed by atoms with Crippen LogP contribution >= 0.6 is 0 Å². The first-order valence-corrected chi connectivity index (χ1v) is 7.53. The van der Waals surface area contributed by atoms with Crippen molar-refractivity contribution < 1.29 is 9.18 Å². The predicted molar refractivity (Wildman–Crippen MR) is 87.3 cm³/mol. The SMILES string of the molecule is Cn1cnc2cc(CNC(=O)CCc3ccc(F)cc3)ccc21. The molecule has 0 atom stereocenters. The summed E-state index contributed by atoms with van der Waals surface area (Å²) in [4.78, 5) is 16.2. The number of nitrogens with one attached hydrogen (secondary N) is 1. The summed E-state index contributed by atoms with van der Waals surface area (Å²) < 4.78 is 14.8. The van der Waals surface area contributed by atoms with Crippen LogP contribution in [0.1, 0.15) is 17.5 Å². The van der Waals surface area contributed by atoms with Gasteiger partial charge in [0, 0.05) is 20.0 Å². The molecular formula is C18H18FN3O. The van der Waals surface area contributed by atoms with E-state index in [2.05, 4.69) is 10.3 Å². The average Bonchev–Trinajstić information content (AvgIpc) is 2.93. The largest absolute Gasteiger partial charge is 0.352 e. The number of benzene rings is 2. The Morgan fingerprint density at radius 1 is 1.17 bits per heavy atom. The number of hydrogen-bond acceptors (Lipinski definition) is 2. The van der Waals surface area contributed by atoms with Gasteiger partial charge in [0.1, 0.15) is 5.82 Å². The van der Waals surface area contributed by atoms with Crippen molar-refractivity contribution in [2.24, 2.45) is 7.05 Å². The number of halogens is 1. The fraction of sp³-hybridized carbons (Fsp3) is 0.222. The minimum Gasteiger partial charge on any atom is -0.352 e. The Labute approximate surface area is 134 Å². The maximum atomic E-state index is 12.8. The van der Waals surface area contributed by atoms with Crippen LogP contribution in [0.4, 0.5) is 4.39 Å². The maximum absolute atomic E-state index is 12.8. The molecule has 0 bridgehead atoms. The molecule has 4 nitrogen and oxygen atoms in total. The Balaban J connectivity index is 1.52. The summed E-state index contributed by atoms with van der Waals surface area (Å²) in [7, 11) is 1.95. The first-order chi connectivity index (χ1) is 11.1. The molecule has 23 heavy (non-hydrogen) atoms. The van der Waals surface area contributed by atoms with Gasteiger partial charge in [-0.25, -0.2) is 9.37 Å². The first kappa shape index (κ1) is 15.2.